The average molecular weight is 750 g/mol. The molecule has 6 nitrogen and oxygen atoms in total. The summed E-state index contributed by atoms with van der Waals surface area (Å²) in [6.07, 6.45) is 35.8. The maximum atomic E-state index is 12.3. The van der Waals surface area contributed by atoms with E-state index in [2.05, 4.69) is 116 Å². The third-order valence-electron chi connectivity index (χ3n) is 7.84. The highest BCUT2D eigenvalue weighted by atomic mass is 27.3. The van der Waals surface area contributed by atoms with E-state index in [-0.39, 0.29) is 6.42 Å². The molecule has 0 atom stereocenters. The van der Waals surface area contributed by atoms with Gasteiger partial charge in [-0.1, -0.05) is 156 Å². The molecule has 0 fully saturated rings. The SMILES string of the molecule is C=C(CCCCCC)O[O][Al]([O]OC#CC#CC#CC#CC#CC#CC#CC=[C-]CCCCCCCCCCCCCCC)[O]C(=O)CCCCCCC. The van der Waals surface area contributed by atoms with Crippen LogP contribution in [0.5, 0.6) is 0 Å². The molecule has 0 heterocycles. The van der Waals surface area contributed by atoms with Gasteiger partial charge in [0.05, 0.1) is 0 Å². The van der Waals surface area contributed by atoms with Gasteiger partial charge in [-0.05, 0) is 42.4 Å². The van der Waals surface area contributed by atoms with Gasteiger partial charge in [0.2, 0.25) is 0 Å². The Morgan fingerprint density at radius 2 is 0.963 bits per heavy atom. The molecule has 0 aromatic carbocycles. The molecule has 0 rings (SSSR count). The zero-order chi connectivity index (χ0) is 39.3. The van der Waals surface area contributed by atoms with Crippen LogP contribution in [0.3, 0.4) is 0 Å². The van der Waals surface area contributed by atoms with E-state index < -0.39 is 21.1 Å². The summed E-state index contributed by atoms with van der Waals surface area (Å²) < 4.78 is 15.6. The lowest BCUT2D eigenvalue weighted by molar-refractivity contribution is -0.257. The van der Waals surface area contributed by atoms with Gasteiger partial charge < -0.3 is 13.6 Å². The van der Waals surface area contributed by atoms with E-state index >= 15 is 0 Å². The Hall–Kier alpha value is -4.08. The zero-order valence-corrected chi connectivity index (χ0v) is 34.6. The fourth-order valence-electron chi connectivity index (χ4n) is 4.85. The molecule has 0 saturated carbocycles. The van der Waals surface area contributed by atoms with Crippen molar-refractivity contribution in [1.29, 1.82) is 0 Å². The predicted molar refractivity (Wildman–Crippen MR) is 220 cm³/mol. The van der Waals surface area contributed by atoms with E-state index in [0.29, 0.717) is 12.2 Å². The average Bonchev–Trinajstić information content (AvgIpc) is 3.17. The second kappa shape index (κ2) is 43.3. The van der Waals surface area contributed by atoms with Crippen molar-refractivity contribution in [1.82, 2.24) is 0 Å². The Labute approximate surface area is 334 Å². The quantitative estimate of drug-likeness (QED) is 0.0134. The number of allylic oxidation sites excluding steroid dienone is 3. The number of rotatable bonds is 31. The number of carbonyl (C=O) groups excluding carboxylic acids is 1. The van der Waals surface area contributed by atoms with Crippen molar-refractivity contribution in [2.75, 3.05) is 0 Å². The second-order valence-corrected chi connectivity index (χ2v) is 13.9. The van der Waals surface area contributed by atoms with Gasteiger partial charge >= 0.3 is 15.1 Å². The molecule has 0 aliphatic heterocycles. The van der Waals surface area contributed by atoms with Crippen molar-refractivity contribution < 1.29 is 26.2 Å². The summed E-state index contributed by atoms with van der Waals surface area (Å²) in [5.41, 5.74) is 0. The molecule has 0 amide bonds. The largest absolute Gasteiger partial charge is 1.08 e. The van der Waals surface area contributed by atoms with Crippen LogP contribution < -0.4 is 0 Å². The summed E-state index contributed by atoms with van der Waals surface area (Å²) in [6, 6.07) is 0. The molecule has 0 aromatic rings. The first kappa shape index (κ1) is 49.9. The lowest BCUT2D eigenvalue weighted by atomic mass is 10.0. The van der Waals surface area contributed by atoms with Crippen LogP contribution in [0.2, 0.25) is 0 Å². The number of hydrogen-bond acceptors (Lipinski definition) is 6. The molecular weight excluding hydrogens is 687 g/mol. The van der Waals surface area contributed by atoms with Crippen LogP contribution in [0, 0.1) is 89.1 Å². The third kappa shape index (κ3) is 40.7. The Morgan fingerprint density at radius 1 is 0.537 bits per heavy atom. The van der Waals surface area contributed by atoms with E-state index in [9.17, 15) is 4.79 Å². The van der Waals surface area contributed by atoms with Gasteiger partial charge in [-0.25, -0.2) is 14.0 Å². The van der Waals surface area contributed by atoms with Gasteiger partial charge in [0.1, 0.15) is 5.76 Å². The van der Waals surface area contributed by atoms with Crippen LogP contribution in [0.15, 0.2) is 18.4 Å². The maximum absolute atomic E-state index is 12.3. The molecule has 0 bridgehead atoms. The molecule has 0 spiro atoms. The molecule has 7 heteroatoms. The fourth-order valence-corrected chi connectivity index (χ4v) is 5.64. The highest BCUT2D eigenvalue weighted by Gasteiger charge is 2.43. The molecule has 0 N–H and O–H groups in total. The molecule has 0 saturated heterocycles. The molecule has 0 unspecified atom stereocenters. The number of hydrogen-bond donors (Lipinski definition) is 0. The van der Waals surface area contributed by atoms with Crippen LogP contribution in [-0.4, -0.2) is 21.1 Å². The minimum absolute atomic E-state index is 0.251. The maximum Gasteiger partial charge on any atom is 1.08 e. The molecule has 54 heavy (non-hydrogen) atoms. The van der Waals surface area contributed by atoms with Gasteiger partial charge in [-0.15, -0.1) is 12.3 Å². The van der Waals surface area contributed by atoms with E-state index in [1.807, 2.05) is 0 Å². The van der Waals surface area contributed by atoms with E-state index in [0.717, 1.165) is 70.6 Å². The van der Waals surface area contributed by atoms with Gasteiger partial charge in [0, 0.05) is 48.4 Å². The van der Waals surface area contributed by atoms with Crippen molar-refractivity contribution in [3.63, 3.8) is 0 Å². The van der Waals surface area contributed by atoms with Gasteiger partial charge in [0.15, 0.2) is 6.11 Å². The zero-order valence-electron chi connectivity index (χ0n) is 33.5. The first-order valence-electron chi connectivity index (χ1n) is 20.2. The van der Waals surface area contributed by atoms with Gasteiger partial charge in [-0.2, -0.15) is 0 Å². The fraction of sp³-hybridized carbons (Fsp3) is 0.596. The summed E-state index contributed by atoms with van der Waals surface area (Å²) in [7, 11) is 0. The van der Waals surface area contributed by atoms with Crippen LogP contribution >= 0.6 is 0 Å². The smallest absolute Gasteiger partial charge is 0.569 e. The minimum Gasteiger partial charge on any atom is -0.569 e. The summed E-state index contributed by atoms with van der Waals surface area (Å²) in [4.78, 5) is 22.3. The van der Waals surface area contributed by atoms with Gasteiger partial charge in [-0.3, -0.25) is 16.8 Å². The van der Waals surface area contributed by atoms with Crippen LogP contribution in [0.4, 0.5) is 0 Å². The van der Waals surface area contributed by atoms with Crippen molar-refractivity contribution in [2.45, 2.75) is 181 Å². The minimum atomic E-state index is -3.15. The Balaban J connectivity index is 4.35. The third-order valence-corrected chi connectivity index (χ3v) is 8.81. The van der Waals surface area contributed by atoms with Crippen molar-refractivity contribution in [2.24, 2.45) is 0 Å². The second-order valence-electron chi connectivity index (χ2n) is 12.7. The molecule has 0 radical (unpaired) electrons. The first-order valence-corrected chi connectivity index (χ1v) is 21.6. The van der Waals surface area contributed by atoms with E-state index in [4.69, 9.17) is 21.4 Å². The summed E-state index contributed by atoms with van der Waals surface area (Å²) in [5, 5.41) is 0. The topological polar surface area (TPSA) is 63.2 Å². The normalized spacial score (nSPS) is 9.31. The Morgan fingerprint density at radius 3 is 1.50 bits per heavy atom. The summed E-state index contributed by atoms with van der Waals surface area (Å²) in [6.45, 7) is 10.4. The Bertz CT molecular complexity index is 1460. The predicted octanol–water partition coefficient (Wildman–Crippen LogP) is 11.1. The highest BCUT2D eigenvalue weighted by molar-refractivity contribution is 6.38. The standard InChI is InChI=1S/C31H33O2.2C8H16O2.Al/c1-2-3-4-5-6-7-8-9-10-11-12-13-14-15-16-17-18-19-20-21-22-23-24-25-26-27-28-29-30-31-33-32;1-3-4-5-6-7-8(2)10-9;1-2-3-4-5-6-7-8(9)10;/h17,32H,2-15H2,1H3;9H,2-7H2,1H3;2-7H2,1H3,(H,9,10);/q-1;;;+3/p-3. The van der Waals surface area contributed by atoms with Crippen molar-refractivity contribution >= 4 is 21.1 Å². The number of unbranched alkanes of at least 4 members (excludes halogenated alkanes) is 20. The van der Waals surface area contributed by atoms with E-state index in [1.165, 1.54) is 77.0 Å². The van der Waals surface area contributed by atoms with Crippen molar-refractivity contribution in [3.05, 3.63) is 24.5 Å². The first-order chi connectivity index (χ1) is 26.6. The van der Waals surface area contributed by atoms with Crippen LogP contribution in [0.25, 0.3) is 0 Å². The van der Waals surface area contributed by atoms with Gasteiger partial charge in [0.25, 0.3) is 5.97 Å². The molecule has 0 aliphatic carbocycles. The monoisotopic (exact) mass is 749 g/mol. The lowest BCUT2D eigenvalue weighted by Gasteiger charge is -2.12. The van der Waals surface area contributed by atoms with E-state index in [1.54, 1.807) is 6.08 Å². The van der Waals surface area contributed by atoms with Crippen LogP contribution in [-0.2, 0) is 26.2 Å². The highest BCUT2D eigenvalue weighted by Crippen LogP contribution is 2.14. The Kier molecular flexibility index (Phi) is 40.1. The summed E-state index contributed by atoms with van der Waals surface area (Å²) in [5.74, 6) is 33.6. The molecular formula is C47H62AlO6-. The number of carbonyl (C=O) groups is 1. The molecule has 0 aliphatic rings. The summed E-state index contributed by atoms with van der Waals surface area (Å²) >= 11 is -3.15. The molecule has 290 valence electrons. The molecule has 0 aromatic heterocycles. The lowest BCUT2D eigenvalue weighted by Crippen LogP contribution is -2.30. The van der Waals surface area contributed by atoms with Crippen LogP contribution in [0.1, 0.15) is 181 Å². The van der Waals surface area contributed by atoms with Crippen molar-refractivity contribution in [3.8, 4) is 83.1 Å².